The Balaban J connectivity index is 1.87. The minimum Gasteiger partial charge on any atom is -0.497 e. The molecular weight excluding hydrogens is 416 g/mol. The second kappa shape index (κ2) is 9.14. The van der Waals surface area contributed by atoms with Crippen molar-refractivity contribution in [1.29, 1.82) is 0 Å². The summed E-state index contributed by atoms with van der Waals surface area (Å²) < 4.78 is 11.3. The van der Waals surface area contributed by atoms with Crippen LogP contribution in [0.15, 0.2) is 81.7 Å². The molecule has 172 valence electrons. The van der Waals surface area contributed by atoms with Crippen molar-refractivity contribution in [3.63, 3.8) is 0 Å². The second-order valence-corrected chi connectivity index (χ2v) is 9.95. The third-order valence-corrected chi connectivity index (χ3v) is 5.18. The Labute approximate surface area is 195 Å². The topological polar surface area (TPSA) is 77.3 Å². The summed E-state index contributed by atoms with van der Waals surface area (Å²) in [4.78, 5) is 25.7. The molecule has 0 atom stereocenters. The number of methoxy groups -OCH3 is 1. The zero-order chi connectivity index (χ0) is 24.4. The number of carbonyl (C=O) groups is 2. The maximum atomic E-state index is 13.0. The van der Waals surface area contributed by atoms with Gasteiger partial charge in [-0.05, 0) is 65.4 Å². The molecule has 0 heterocycles. The number of azo groups is 1. The molecule has 0 amide bonds. The Hall–Kier alpha value is -3.54. The molecule has 6 nitrogen and oxygen atoms in total. The van der Waals surface area contributed by atoms with E-state index in [1.807, 2.05) is 65.8 Å². The largest absolute Gasteiger partial charge is 0.497 e. The Kier molecular flexibility index (Phi) is 6.68. The van der Waals surface area contributed by atoms with Crippen molar-refractivity contribution in [2.75, 3.05) is 7.11 Å². The molecule has 0 N–H and O–H groups in total. The van der Waals surface area contributed by atoms with E-state index < -0.39 is 22.4 Å². The zero-order valence-corrected chi connectivity index (χ0v) is 20.2. The summed E-state index contributed by atoms with van der Waals surface area (Å²) in [5, 5.41) is 8.47. The van der Waals surface area contributed by atoms with E-state index in [1.165, 1.54) is 0 Å². The molecule has 2 aromatic carbocycles. The standard InChI is InChI=1S/C27H30N2O4/c1-26(2,3)21-16-22(23(27(4,5)6)25(31)24(21)30)33-20-14-10-18(11-15-20)29-28-17-8-12-19(32-7)13-9-17/h8-16H,1-7H3. The van der Waals surface area contributed by atoms with E-state index >= 15 is 0 Å². The smallest absolute Gasteiger partial charge is 0.233 e. The fraction of sp³-hybridized carbons (Fsp3) is 0.333. The van der Waals surface area contributed by atoms with Crippen LogP contribution in [0.25, 0.3) is 0 Å². The van der Waals surface area contributed by atoms with Crippen LogP contribution in [0.2, 0.25) is 0 Å². The van der Waals surface area contributed by atoms with Crippen molar-refractivity contribution >= 4 is 22.9 Å². The molecule has 33 heavy (non-hydrogen) atoms. The Morgan fingerprint density at radius 2 is 1.15 bits per heavy atom. The quantitative estimate of drug-likeness (QED) is 0.284. The molecule has 0 bridgehead atoms. The molecule has 2 aromatic rings. The highest BCUT2D eigenvalue weighted by molar-refractivity contribution is 6.50. The number of ketones is 2. The van der Waals surface area contributed by atoms with Crippen molar-refractivity contribution in [3.05, 3.63) is 71.5 Å². The van der Waals surface area contributed by atoms with Gasteiger partial charge in [-0.3, -0.25) is 9.59 Å². The fourth-order valence-electron chi connectivity index (χ4n) is 3.44. The van der Waals surface area contributed by atoms with Gasteiger partial charge in [-0.25, -0.2) is 0 Å². The molecule has 0 saturated heterocycles. The molecule has 1 aliphatic carbocycles. The van der Waals surface area contributed by atoms with Gasteiger partial charge in [0.2, 0.25) is 11.6 Å². The highest BCUT2D eigenvalue weighted by Gasteiger charge is 2.40. The molecule has 0 aromatic heterocycles. The van der Waals surface area contributed by atoms with Gasteiger partial charge in [-0.1, -0.05) is 41.5 Å². The second-order valence-electron chi connectivity index (χ2n) is 9.95. The van der Waals surface area contributed by atoms with Crippen molar-refractivity contribution in [2.45, 2.75) is 41.5 Å². The van der Waals surface area contributed by atoms with Crippen LogP contribution >= 0.6 is 0 Å². The predicted molar refractivity (Wildman–Crippen MR) is 128 cm³/mol. The highest BCUT2D eigenvalue weighted by Crippen LogP contribution is 2.39. The minimum atomic E-state index is -0.547. The predicted octanol–water partition coefficient (Wildman–Crippen LogP) is 6.91. The molecule has 0 radical (unpaired) electrons. The number of carbonyl (C=O) groups excluding carboxylic acids is 2. The summed E-state index contributed by atoms with van der Waals surface area (Å²) in [6, 6.07) is 14.4. The van der Waals surface area contributed by atoms with E-state index in [0.717, 1.165) is 5.75 Å². The summed E-state index contributed by atoms with van der Waals surface area (Å²) >= 11 is 0. The Morgan fingerprint density at radius 3 is 1.58 bits per heavy atom. The molecule has 0 spiro atoms. The van der Waals surface area contributed by atoms with Crippen LogP contribution < -0.4 is 9.47 Å². The van der Waals surface area contributed by atoms with Gasteiger partial charge in [0.15, 0.2) is 0 Å². The van der Waals surface area contributed by atoms with Crippen LogP contribution in [0.5, 0.6) is 11.5 Å². The number of rotatable bonds is 5. The lowest BCUT2D eigenvalue weighted by atomic mass is 9.73. The zero-order valence-electron chi connectivity index (χ0n) is 20.2. The van der Waals surface area contributed by atoms with Crippen molar-refractivity contribution in [1.82, 2.24) is 0 Å². The first kappa shape index (κ1) is 24.1. The monoisotopic (exact) mass is 446 g/mol. The van der Waals surface area contributed by atoms with Crippen LogP contribution in [0.3, 0.4) is 0 Å². The number of benzene rings is 2. The molecule has 3 rings (SSSR count). The van der Waals surface area contributed by atoms with Crippen LogP contribution in [0.4, 0.5) is 11.4 Å². The Morgan fingerprint density at radius 1 is 0.667 bits per heavy atom. The van der Waals surface area contributed by atoms with E-state index in [2.05, 4.69) is 10.2 Å². The summed E-state index contributed by atoms with van der Waals surface area (Å²) in [6.45, 7) is 11.4. The number of nitrogens with zero attached hydrogens (tertiary/aromatic N) is 2. The number of Topliss-reactive ketones (excluding diaryl/α,β-unsaturated/α-hetero) is 2. The van der Waals surface area contributed by atoms with Gasteiger partial charge in [-0.2, -0.15) is 10.2 Å². The van der Waals surface area contributed by atoms with Crippen LogP contribution in [-0.2, 0) is 9.59 Å². The van der Waals surface area contributed by atoms with Gasteiger partial charge in [-0.15, -0.1) is 0 Å². The summed E-state index contributed by atoms with van der Waals surface area (Å²) in [6.07, 6.45) is 1.71. The minimum absolute atomic E-state index is 0.378. The normalized spacial score (nSPS) is 15.2. The molecule has 0 aliphatic heterocycles. The summed E-state index contributed by atoms with van der Waals surface area (Å²) in [5.74, 6) is 0.737. The lowest BCUT2D eigenvalue weighted by molar-refractivity contribution is -0.133. The lowest BCUT2D eigenvalue weighted by Gasteiger charge is -2.31. The van der Waals surface area contributed by atoms with Crippen LogP contribution in [0.1, 0.15) is 41.5 Å². The van der Waals surface area contributed by atoms with Gasteiger partial charge in [0.25, 0.3) is 0 Å². The number of hydrogen-bond donors (Lipinski definition) is 0. The maximum Gasteiger partial charge on any atom is 0.233 e. The molecule has 0 saturated carbocycles. The Bertz CT molecular complexity index is 1140. The maximum absolute atomic E-state index is 13.0. The van der Waals surface area contributed by atoms with Crippen molar-refractivity contribution in [3.8, 4) is 11.5 Å². The van der Waals surface area contributed by atoms with Gasteiger partial charge < -0.3 is 9.47 Å². The fourth-order valence-corrected chi connectivity index (χ4v) is 3.44. The van der Waals surface area contributed by atoms with Crippen molar-refractivity contribution in [2.24, 2.45) is 21.1 Å². The first-order valence-electron chi connectivity index (χ1n) is 10.8. The first-order chi connectivity index (χ1) is 15.4. The third-order valence-electron chi connectivity index (χ3n) is 5.18. The highest BCUT2D eigenvalue weighted by atomic mass is 16.5. The average molecular weight is 447 g/mol. The first-order valence-corrected chi connectivity index (χ1v) is 10.8. The molecule has 6 heteroatoms. The molecule has 1 aliphatic rings. The number of hydrogen-bond acceptors (Lipinski definition) is 6. The van der Waals surface area contributed by atoms with Gasteiger partial charge in [0, 0.05) is 5.57 Å². The van der Waals surface area contributed by atoms with E-state index in [-0.39, 0.29) is 0 Å². The lowest BCUT2D eigenvalue weighted by Crippen LogP contribution is -2.35. The van der Waals surface area contributed by atoms with Gasteiger partial charge in [0.1, 0.15) is 17.3 Å². The van der Waals surface area contributed by atoms with Gasteiger partial charge >= 0.3 is 0 Å². The van der Waals surface area contributed by atoms with Crippen LogP contribution in [-0.4, -0.2) is 18.7 Å². The number of ether oxygens (including phenoxy) is 2. The molecule has 0 unspecified atom stereocenters. The third kappa shape index (κ3) is 5.64. The van der Waals surface area contributed by atoms with E-state index in [4.69, 9.17) is 9.47 Å². The van der Waals surface area contributed by atoms with E-state index in [1.54, 1.807) is 37.5 Å². The van der Waals surface area contributed by atoms with E-state index in [9.17, 15) is 9.59 Å². The molecule has 0 fully saturated rings. The number of allylic oxidation sites excluding steroid dienone is 3. The molecular formula is C27H30N2O4. The van der Waals surface area contributed by atoms with Gasteiger partial charge in [0.05, 0.1) is 24.1 Å². The summed E-state index contributed by atoms with van der Waals surface area (Å²) in [5.41, 5.74) is 1.17. The van der Waals surface area contributed by atoms with E-state index in [0.29, 0.717) is 34.0 Å². The average Bonchev–Trinajstić information content (AvgIpc) is 2.74. The summed E-state index contributed by atoms with van der Waals surface area (Å²) in [7, 11) is 1.61. The van der Waals surface area contributed by atoms with Crippen LogP contribution in [0, 0.1) is 10.8 Å². The van der Waals surface area contributed by atoms with Crippen molar-refractivity contribution < 1.29 is 19.1 Å². The SMILES string of the molecule is COc1ccc(N=Nc2ccc(OC3=C(C(C)(C)C)C(=O)C(=O)C(C(C)(C)C)=C3)cc2)cc1.